The van der Waals surface area contributed by atoms with E-state index in [1.54, 1.807) is 11.2 Å². The predicted molar refractivity (Wildman–Crippen MR) is 125 cm³/mol. The van der Waals surface area contributed by atoms with E-state index in [2.05, 4.69) is 20.0 Å². The maximum absolute atomic E-state index is 15.3. The van der Waals surface area contributed by atoms with Gasteiger partial charge in [-0.1, -0.05) is 18.2 Å². The van der Waals surface area contributed by atoms with Gasteiger partial charge in [0.05, 0.1) is 30.9 Å². The van der Waals surface area contributed by atoms with E-state index in [-0.39, 0.29) is 28.7 Å². The van der Waals surface area contributed by atoms with Gasteiger partial charge in [0.15, 0.2) is 11.6 Å². The van der Waals surface area contributed by atoms with Crippen LogP contribution in [0.15, 0.2) is 76.9 Å². The minimum absolute atomic E-state index is 0.00644. The minimum Gasteiger partial charge on any atom is -0.491 e. The van der Waals surface area contributed by atoms with Crippen LogP contribution in [0, 0.1) is 5.82 Å². The maximum atomic E-state index is 15.3. The van der Waals surface area contributed by atoms with Gasteiger partial charge < -0.3 is 9.47 Å². The molecule has 0 amide bonds. The first kappa shape index (κ1) is 23.1. The molecule has 36 heavy (non-hydrogen) atoms. The number of para-hydroxylation sites is 1. The summed E-state index contributed by atoms with van der Waals surface area (Å²) in [5.41, 5.74) is 0.617. The van der Waals surface area contributed by atoms with Crippen molar-refractivity contribution in [1.82, 2.24) is 19.6 Å². The molecule has 0 aliphatic carbocycles. The summed E-state index contributed by atoms with van der Waals surface area (Å²) in [5, 5.41) is 14.4. The van der Waals surface area contributed by atoms with E-state index < -0.39 is 23.9 Å². The highest BCUT2D eigenvalue weighted by molar-refractivity contribution is 5.67. The summed E-state index contributed by atoms with van der Waals surface area (Å²) in [6.45, 7) is -3.06. The topological polar surface area (TPSA) is 86.8 Å². The molecule has 0 bridgehead atoms. The normalized spacial score (nSPS) is 15.0. The Kier molecular flexibility index (Phi) is 6.15. The van der Waals surface area contributed by atoms with Crippen LogP contribution in [0.3, 0.4) is 0 Å². The lowest BCUT2D eigenvalue weighted by Gasteiger charge is -2.23. The second-order valence-corrected chi connectivity index (χ2v) is 7.68. The zero-order chi connectivity index (χ0) is 25.2. The SMILES string of the molecule is COc1cn(-c2ccc(-n3nccc3OC(F)F)cc2F)nc(C2CC=NN2c2ccccc2)c1=O. The number of hydrogen-bond acceptors (Lipinski definition) is 7. The van der Waals surface area contributed by atoms with Crippen molar-refractivity contribution in [2.24, 2.45) is 5.10 Å². The van der Waals surface area contributed by atoms with Crippen molar-refractivity contribution in [1.29, 1.82) is 0 Å². The van der Waals surface area contributed by atoms with Crippen LogP contribution in [-0.4, -0.2) is 39.5 Å². The highest BCUT2D eigenvalue weighted by Gasteiger charge is 2.30. The smallest absolute Gasteiger partial charge is 0.388 e. The lowest BCUT2D eigenvalue weighted by Crippen LogP contribution is -2.28. The number of aromatic nitrogens is 4. The minimum atomic E-state index is -3.06. The van der Waals surface area contributed by atoms with E-state index in [4.69, 9.17) is 4.74 Å². The van der Waals surface area contributed by atoms with Gasteiger partial charge >= 0.3 is 6.61 Å². The lowest BCUT2D eigenvalue weighted by atomic mass is 10.1. The number of nitrogens with zero attached hydrogens (tertiary/aromatic N) is 6. The van der Waals surface area contributed by atoms with Crippen molar-refractivity contribution in [2.45, 2.75) is 19.1 Å². The number of anilines is 1. The Bertz CT molecular complexity index is 1470. The Morgan fingerprint density at radius 2 is 1.89 bits per heavy atom. The van der Waals surface area contributed by atoms with Gasteiger partial charge in [0.2, 0.25) is 11.3 Å². The van der Waals surface area contributed by atoms with E-state index in [1.165, 1.54) is 42.4 Å². The highest BCUT2D eigenvalue weighted by atomic mass is 19.3. The number of alkyl halides is 2. The molecule has 1 aliphatic heterocycles. The first-order valence-corrected chi connectivity index (χ1v) is 10.8. The summed E-state index contributed by atoms with van der Waals surface area (Å²) in [4.78, 5) is 13.1. The molecule has 0 radical (unpaired) electrons. The van der Waals surface area contributed by atoms with Crippen molar-refractivity contribution in [3.63, 3.8) is 0 Å². The third-order valence-electron chi connectivity index (χ3n) is 5.54. The van der Waals surface area contributed by atoms with E-state index in [0.717, 1.165) is 16.4 Å². The number of methoxy groups -OCH3 is 1. The first-order chi connectivity index (χ1) is 17.5. The van der Waals surface area contributed by atoms with Crippen molar-refractivity contribution < 1.29 is 22.6 Å². The largest absolute Gasteiger partial charge is 0.491 e. The molecule has 2 aromatic carbocycles. The number of hydrogen-bond donors (Lipinski definition) is 0. The third-order valence-corrected chi connectivity index (χ3v) is 5.54. The van der Waals surface area contributed by atoms with Gasteiger partial charge in [-0.05, 0) is 24.3 Å². The second kappa shape index (κ2) is 9.56. The van der Waals surface area contributed by atoms with Gasteiger partial charge in [-0.25, -0.2) is 13.8 Å². The number of hydrazone groups is 1. The van der Waals surface area contributed by atoms with Crippen LogP contribution in [0.5, 0.6) is 11.6 Å². The van der Waals surface area contributed by atoms with Gasteiger partial charge in [-0.2, -0.15) is 24.1 Å². The molecule has 0 saturated carbocycles. The zero-order valence-corrected chi connectivity index (χ0v) is 18.8. The molecule has 4 aromatic rings. The van der Waals surface area contributed by atoms with Gasteiger partial charge in [0.25, 0.3) is 0 Å². The molecule has 9 nitrogen and oxygen atoms in total. The van der Waals surface area contributed by atoms with Crippen LogP contribution in [0.25, 0.3) is 11.4 Å². The van der Waals surface area contributed by atoms with Gasteiger partial charge in [0, 0.05) is 24.8 Å². The molecule has 1 unspecified atom stereocenters. The monoisotopic (exact) mass is 496 g/mol. The number of halogens is 3. The molecule has 5 rings (SSSR count). The van der Waals surface area contributed by atoms with Crippen molar-refractivity contribution >= 4 is 11.9 Å². The van der Waals surface area contributed by atoms with Crippen molar-refractivity contribution in [3.8, 4) is 23.0 Å². The van der Waals surface area contributed by atoms with Gasteiger partial charge in [0.1, 0.15) is 17.4 Å². The van der Waals surface area contributed by atoms with Crippen LogP contribution in [0.1, 0.15) is 18.2 Å². The van der Waals surface area contributed by atoms with E-state index >= 15 is 4.39 Å². The fourth-order valence-corrected chi connectivity index (χ4v) is 3.92. The Hall–Kier alpha value is -4.61. The standard InChI is InChI=1S/C24H19F3N6O3/c1-35-20-14-31(18-8-7-16(13-17(18)25)33-21(10-12-29-33)36-24(26)27)30-22(23(20)34)19-9-11-28-32(19)15-5-3-2-4-6-15/h2-8,10-14,19,24H,9H2,1H3. The predicted octanol–water partition coefficient (Wildman–Crippen LogP) is 4.10. The average Bonchev–Trinajstić information content (AvgIpc) is 3.54. The molecular formula is C24H19F3N6O3. The summed E-state index contributed by atoms with van der Waals surface area (Å²) in [6, 6.07) is 13.9. The second-order valence-electron chi connectivity index (χ2n) is 7.68. The quantitative estimate of drug-likeness (QED) is 0.383. The van der Waals surface area contributed by atoms with Crippen molar-refractivity contribution in [3.05, 3.63) is 88.7 Å². The third kappa shape index (κ3) is 4.28. The molecule has 12 heteroatoms. The van der Waals surface area contributed by atoms with Crippen LogP contribution >= 0.6 is 0 Å². The van der Waals surface area contributed by atoms with E-state index in [0.29, 0.717) is 6.42 Å². The summed E-state index contributed by atoms with van der Waals surface area (Å²) in [5.74, 6) is -1.01. The number of ether oxygens (including phenoxy) is 2. The van der Waals surface area contributed by atoms with E-state index in [1.807, 2.05) is 30.3 Å². The summed E-state index contributed by atoms with van der Waals surface area (Å²) < 4.78 is 52.5. The van der Waals surface area contributed by atoms with Gasteiger partial charge in [-0.15, -0.1) is 0 Å². The Balaban J connectivity index is 1.54. The summed E-state index contributed by atoms with van der Waals surface area (Å²) in [6.07, 6.45) is 4.64. The maximum Gasteiger partial charge on any atom is 0.388 e. The molecular weight excluding hydrogens is 477 g/mol. The molecule has 3 heterocycles. The molecule has 0 saturated heterocycles. The fraction of sp³-hybridized carbons (Fsp3) is 0.167. The highest BCUT2D eigenvalue weighted by Crippen LogP contribution is 2.32. The molecule has 0 fully saturated rings. The molecule has 184 valence electrons. The average molecular weight is 496 g/mol. The van der Waals surface area contributed by atoms with Crippen LogP contribution in [-0.2, 0) is 0 Å². The molecule has 0 spiro atoms. The Labute approximate surface area is 202 Å². The lowest BCUT2D eigenvalue weighted by molar-refractivity contribution is -0.0544. The molecule has 1 atom stereocenters. The van der Waals surface area contributed by atoms with Crippen LogP contribution in [0.2, 0.25) is 0 Å². The fourth-order valence-electron chi connectivity index (χ4n) is 3.92. The Morgan fingerprint density at radius 3 is 2.61 bits per heavy atom. The molecule has 2 aromatic heterocycles. The Morgan fingerprint density at radius 1 is 1.08 bits per heavy atom. The first-order valence-electron chi connectivity index (χ1n) is 10.8. The molecule has 0 N–H and O–H groups in total. The van der Waals surface area contributed by atoms with Crippen LogP contribution < -0.4 is 19.9 Å². The van der Waals surface area contributed by atoms with Crippen LogP contribution in [0.4, 0.5) is 18.9 Å². The zero-order valence-electron chi connectivity index (χ0n) is 18.8. The van der Waals surface area contributed by atoms with Crippen molar-refractivity contribution in [2.75, 3.05) is 12.1 Å². The van der Waals surface area contributed by atoms with E-state index in [9.17, 15) is 13.6 Å². The van der Waals surface area contributed by atoms with Gasteiger partial charge in [-0.3, -0.25) is 9.80 Å². The summed E-state index contributed by atoms with van der Waals surface area (Å²) >= 11 is 0. The number of rotatable bonds is 7. The molecule has 1 aliphatic rings. The number of benzene rings is 2. The summed E-state index contributed by atoms with van der Waals surface area (Å²) in [7, 11) is 1.34.